The minimum absolute atomic E-state index is 0. The van der Waals surface area contributed by atoms with Crippen molar-refractivity contribution in [3.05, 3.63) is 22.8 Å². The molecule has 0 aromatic rings. The van der Waals surface area contributed by atoms with Gasteiger partial charge in [0.15, 0.2) is 8.32 Å². The molecule has 62 heavy (non-hydrogen) atoms. The molecule has 0 aromatic carbocycles. The van der Waals surface area contributed by atoms with E-state index in [4.69, 9.17) is 41.3 Å². The van der Waals surface area contributed by atoms with Gasteiger partial charge in [-0.05, 0) is 90.8 Å². The molecule has 4 heterocycles. The van der Waals surface area contributed by atoms with Crippen LogP contribution in [0, 0.1) is 24.0 Å². The molecule has 1 N–H and O–H groups in total. The van der Waals surface area contributed by atoms with Gasteiger partial charge >= 0.3 is 11.9 Å². The summed E-state index contributed by atoms with van der Waals surface area (Å²) in [5.74, 6) is -0.170. The molecular weight excluding hydrogens is 809 g/mol. The van der Waals surface area contributed by atoms with Gasteiger partial charge in [0.05, 0.1) is 69.0 Å². The van der Waals surface area contributed by atoms with Crippen LogP contribution in [0.15, 0.2) is 0 Å². The van der Waals surface area contributed by atoms with Crippen molar-refractivity contribution >= 4 is 26.0 Å². The lowest BCUT2D eigenvalue weighted by Gasteiger charge is -2.45. The second kappa shape index (κ2) is 23.7. The number of esters is 2. The number of ketones is 1. The van der Waals surface area contributed by atoms with E-state index < -0.39 is 24.9 Å². The minimum atomic E-state index is -1.94. The monoisotopic (exact) mass is 896 g/mol. The Morgan fingerprint density at radius 3 is 1.69 bits per heavy atom. The van der Waals surface area contributed by atoms with Crippen molar-refractivity contribution in [2.45, 2.75) is 238 Å². The maximum absolute atomic E-state index is 12.0. The molecule has 0 radical (unpaired) electrons. The highest BCUT2D eigenvalue weighted by Gasteiger charge is 2.55. The van der Waals surface area contributed by atoms with Crippen molar-refractivity contribution in [3.63, 3.8) is 0 Å². The van der Waals surface area contributed by atoms with Gasteiger partial charge in [0.1, 0.15) is 17.0 Å². The molecule has 4 rings (SSSR count). The number of aliphatic hydroxyl groups is 1. The Balaban J connectivity index is 0.000000567. The normalized spacial score (nSPS) is 29.5. The average Bonchev–Trinajstić information content (AvgIpc) is 3.74. The highest BCUT2D eigenvalue weighted by atomic mass is 28.4. The van der Waals surface area contributed by atoms with Crippen LogP contribution in [-0.2, 0) is 47.2 Å². The molecule has 4 aliphatic rings. The van der Waals surface area contributed by atoms with Crippen LogP contribution in [0.3, 0.4) is 0 Å². The standard InChI is InChI=1S/C26H47NO5Si.C16H25NO5.C6H12O.H2/c1-19(27-8)16-20-13-14-22-26(32-20,18-30-33(9,10)25(5,6)7)17-21(31-22)12-11-15-29-23(28)24(2,3)4;1-11(17-2)8-12-4-6-14-16(10-18,22-12)9-13(21-14)5-7-15(19)20-3;1-5(7)6(2,3)4;/h19-22H,11-18H2,1-7,9-10H3;11-14,18H,4-10H2,1,3H3;1-4H3;1H/t19-,20-,21+,22+,26-;11-,12-,13+,14+,16-;;/m11../s1/i;;;1+1. The summed E-state index contributed by atoms with van der Waals surface area (Å²) >= 11 is 0. The predicted molar refractivity (Wildman–Crippen MR) is 245 cm³/mol. The molecule has 358 valence electrons. The van der Waals surface area contributed by atoms with Crippen molar-refractivity contribution < 1.29 is 53.8 Å². The number of aliphatic hydroxyl groups excluding tert-OH is 1. The number of carbonyl (C=O) groups excluding carboxylic acids is 3. The Bertz CT molecular complexity index is 1530. The molecule has 0 spiro atoms. The van der Waals surface area contributed by atoms with Crippen LogP contribution in [0.1, 0.15) is 162 Å². The molecule has 4 aliphatic heterocycles. The average molecular weight is 896 g/mol. The zero-order valence-electron chi connectivity index (χ0n) is 41.1. The summed E-state index contributed by atoms with van der Waals surface area (Å²) in [7, 11) is -0.566. The van der Waals surface area contributed by atoms with Gasteiger partial charge in [-0.15, -0.1) is 0 Å². The highest BCUT2D eigenvalue weighted by Crippen LogP contribution is 2.46. The van der Waals surface area contributed by atoms with Crippen molar-refractivity contribution in [1.82, 2.24) is 0 Å². The molecule has 13 nitrogen and oxygen atoms in total. The lowest BCUT2D eigenvalue weighted by Crippen LogP contribution is -2.55. The summed E-state index contributed by atoms with van der Waals surface area (Å²) in [6, 6.07) is -0.115. The van der Waals surface area contributed by atoms with E-state index in [0.717, 1.165) is 51.4 Å². The van der Waals surface area contributed by atoms with E-state index in [0.29, 0.717) is 38.9 Å². The first-order valence-corrected chi connectivity index (χ1v) is 25.9. The maximum Gasteiger partial charge on any atom is 0.311 e. The molecule has 0 aromatic heterocycles. The van der Waals surface area contributed by atoms with Crippen molar-refractivity contribution in [2.75, 3.05) is 26.9 Å². The number of carbonyl (C=O) groups is 3. The van der Waals surface area contributed by atoms with Crippen LogP contribution in [0.2, 0.25) is 18.1 Å². The third-order valence-electron chi connectivity index (χ3n) is 13.2. The van der Waals surface area contributed by atoms with Gasteiger partial charge in [-0.2, -0.15) is 0 Å². The molecule has 0 bridgehead atoms. The van der Waals surface area contributed by atoms with Crippen LogP contribution in [0.25, 0.3) is 9.69 Å². The molecule has 14 heteroatoms. The molecule has 0 saturated carbocycles. The first-order valence-electron chi connectivity index (χ1n) is 23.0. The van der Waals surface area contributed by atoms with Crippen LogP contribution in [-0.4, -0.2) is 118 Å². The van der Waals surface area contributed by atoms with Gasteiger partial charge in [-0.3, -0.25) is 14.4 Å². The summed E-state index contributed by atoms with van der Waals surface area (Å²) in [6.07, 6.45) is 8.80. The van der Waals surface area contributed by atoms with Gasteiger partial charge < -0.3 is 47.6 Å². The topological polar surface area (TPSA) is 145 Å². The SMILES string of the molecule is CC(=O)C(C)(C)C.[2HH].[C-]#[N+][C@H](C)C[C@H]1CC[C@@H]2O[C@@H](CCC(=O)OC)C[C@]2(CO)O1.[C-]#[N+][C@H](C)C[C@H]1CC[C@@H]2O[C@@H](CCCOC(=O)C(C)(C)C)C[C@]2(CO[Si](C)(C)C(C)(C)C)O1. The smallest absolute Gasteiger partial charge is 0.311 e. The van der Waals surface area contributed by atoms with Crippen LogP contribution >= 0.6 is 0 Å². The quantitative estimate of drug-likeness (QED) is 0.0726. The van der Waals surface area contributed by atoms with E-state index in [2.05, 4.69) is 48.3 Å². The van der Waals surface area contributed by atoms with Crippen LogP contribution < -0.4 is 0 Å². The fourth-order valence-corrected chi connectivity index (χ4v) is 8.77. The van der Waals surface area contributed by atoms with Gasteiger partial charge in [0, 0.05) is 52.8 Å². The Morgan fingerprint density at radius 2 is 1.26 bits per heavy atom. The highest BCUT2D eigenvalue weighted by molar-refractivity contribution is 6.74. The first kappa shape index (κ1) is 55.7. The molecule has 0 aliphatic carbocycles. The number of Topliss-reactive ketones (excluding diaryl/α,β-unsaturated/α-hetero) is 1. The number of rotatable bonds is 15. The predicted octanol–water partition coefficient (Wildman–Crippen LogP) is 9.72. The van der Waals surface area contributed by atoms with Crippen molar-refractivity contribution in [2.24, 2.45) is 10.8 Å². The lowest BCUT2D eigenvalue weighted by atomic mass is 9.85. The van der Waals surface area contributed by atoms with E-state index >= 15 is 0 Å². The van der Waals surface area contributed by atoms with Crippen LogP contribution in [0.5, 0.6) is 0 Å². The fourth-order valence-electron chi connectivity index (χ4n) is 7.73. The number of nitrogens with zero attached hydrogens (tertiary/aromatic N) is 2. The van der Waals surface area contributed by atoms with E-state index in [-0.39, 0.29) is 84.9 Å². The first-order chi connectivity index (χ1) is 28.6. The minimum Gasteiger partial charge on any atom is -0.469 e. The summed E-state index contributed by atoms with van der Waals surface area (Å²) in [4.78, 5) is 40.9. The second-order valence-corrected chi connectivity index (χ2v) is 26.6. The Labute approximate surface area is 377 Å². The van der Waals surface area contributed by atoms with Gasteiger partial charge in [0.2, 0.25) is 12.1 Å². The number of hydrogen-bond donors (Lipinski definition) is 1. The van der Waals surface area contributed by atoms with Crippen molar-refractivity contribution in [3.8, 4) is 0 Å². The summed E-state index contributed by atoms with van der Waals surface area (Å²) < 4.78 is 42.1. The summed E-state index contributed by atoms with van der Waals surface area (Å²) in [6.45, 7) is 43.4. The molecule has 4 saturated heterocycles. The summed E-state index contributed by atoms with van der Waals surface area (Å²) in [5, 5.41) is 9.97. The fraction of sp³-hybridized carbons (Fsp3) is 0.896. The van der Waals surface area contributed by atoms with E-state index in [1.807, 2.05) is 55.4 Å². The molecular formula is C48H86N2O11Si. The number of methoxy groups -OCH3 is 1. The number of fused-ring (bicyclic) bond motifs is 2. The summed E-state index contributed by atoms with van der Waals surface area (Å²) in [5.41, 5.74) is -1.74. The van der Waals surface area contributed by atoms with E-state index in [9.17, 15) is 19.5 Å². The zero-order chi connectivity index (χ0) is 47.3. The largest absolute Gasteiger partial charge is 0.469 e. The lowest BCUT2D eigenvalue weighted by molar-refractivity contribution is -0.184. The number of ether oxygens (including phenoxy) is 6. The Kier molecular flexibility index (Phi) is 21.3. The number of hydrogen-bond acceptors (Lipinski definition) is 11. The molecule has 0 unspecified atom stereocenters. The molecule has 4 fully saturated rings. The zero-order valence-corrected chi connectivity index (χ0v) is 42.1. The Hall–Kier alpha value is -2.43. The van der Waals surface area contributed by atoms with E-state index in [1.54, 1.807) is 6.92 Å². The Morgan fingerprint density at radius 1 is 0.790 bits per heavy atom. The van der Waals surface area contributed by atoms with Gasteiger partial charge in [-0.25, -0.2) is 13.1 Å². The van der Waals surface area contributed by atoms with Crippen molar-refractivity contribution in [1.29, 1.82) is 0 Å². The molecule has 10 atom stereocenters. The van der Waals surface area contributed by atoms with Gasteiger partial charge in [-0.1, -0.05) is 41.5 Å². The van der Waals surface area contributed by atoms with Crippen LogP contribution in [0.4, 0.5) is 0 Å². The van der Waals surface area contributed by atoms with E-state index in [1.165, 1.54) is 7.11 Å². The third-order valence-corrected chi connectivity index (χ3v) is 17.7. The third kappa shape index (κ3) is 16.8. The molecule has 0 amide bonds. The van der Waals surface area contributed by atoms with Gasteiger partial charge in [0.25, 0.3) is 0 Å². The maximum atomic E-state index is 12.0. The second-order valence-electron chi connectivity index (χ2n) is 21.7.